The van der Waals surface area contributed by atoms with Gasteiger partial charge in [-0.15, -0.1) is 0 Å². The van der Waals surface area contributed by atoms with Gasteiger partial charge in [-0.05, 0) is 107 Å². The highest BCUT2D eigenvalue weighted by molar-refractivity contribution is 5.86. The fourth-order valence-corrected chi connectivity index (χ4v) is 8.91. The zero-order chi connectivity index (χ0) is 33.4. The normalized spacial score (nSPS) is 21.5. The van der Waals surface area contributed by atoms with E-state index in [0.29, 0.717) is 23.0 Å². The highest BCUT2D eigenvalue weighted by Gasteiger charge is 2.45. The van der Waals surface area contributed by atoms with E-state index in [0.717, 1.165) is 51.1 Å². The lowest BCUT2D eigenvalue weighted by molar-refractivity contribution is 0.0781. The summed E-state index contributed by atoms with van der Waals surface area (Å²) < 4.78 is 0. The lowest BCUT2D eigenvalue weighted by Crippen LogP contribution is -2.42. The second kappa shape index (κ2) is 12.9. The third-order valence-electron chi connectivity index (χ3n) is 10.7. The number of nitrogens with zero attached hydrogens (tertiary/aromatic N) is 4. The van der Waals surface area contributed by atoms with Crippen molar-refractivity contribution in [2.24, 2.45) is 17.8 Å². The molecule has 2 aliphatic carbocycles. The van der Waals surface area contributed by atoms with E-state index in [1.807, 2.05) is 72.8 Å². The first kappa shape index (κ1) is 30.9. The maximum Gasteiger partial charge on any atom is 0.164 e. The summed E-state index contributed by atoms with van der Waals surface area (Å²) in [5.41, 5.74) is 9.79. The molecule has 8 rings (SSSR count). The van der Waals surface area contributed by atoms with Crippen LogP contribution < -0.4 is 0 Å². The summed E-state index contributed by atoms with van der Waals surface area (Å²) in [6.07, 6.45) is 6.50. The van der Waals surface area contributed by atoms with Crippen molar-refractivity contribution < 1.29 is 0 Å². The van der Waals surface area contributed by atoms with E-state index < -0.39 is 0 Å². The third kappa shape index (κ3) is 6.18. The molecule has 49 heavy (non-hydrogen) atoms. The van der Waals surface area contributed by atoms with Crippen LogP contribution >= 0.6 is 0 Å². The zero-order valence-corrected chi connectivity index (χ0v) is 28.2. The van der Waals surface area contributed by atoms with Crippen LogP contribution in [0.4, 0.5) is 0 Å². The van der Waals surface area contributed by atoms with Gasteiger partial charge in [0.05, 0.1) is 11.6 Å². The molecule has 1 unspecified atom stereocenters. The number of fused-ring (bicyclic) bond motifs is 2. The first-order chi connectivity index (χ1) is 24.0. The van der Waals surface area contributed by atoms with Gasteiger partial charge in [-0.25, -0.2) is 15.0 Å². The van der Waals surface area contributed by atoms with Crippen LogP contribution in [0.2, 0.25) is 0 Å². The van der Waals surface area contributed by atoms with E-state index in [4.69, 9.17) is 15.0 Å². The van der Waals surface area contributed by atoms with Gasteiger partial charge in [-0.1, -0.05) is 117 Å². The predicted molar refractivity (Wildman–Crippen MR) is 198 cm³/mol. The van der Waals surface area contributed by atoms with E-state index in [-0.39, 0.29) is 5.41 Å². The minimum Gasteiger partial charge on any atom is -0.208 e. The highest BCUT2D eigenvalue weighted by Crippen LogP contribution is 2.55. The highest BCUT2D eigenvalue weighted by atomic mass is 15.0. The quantitative estimate of drug-likeness (QED) is 0.182. The molecule has 2 bridgehead atoms. The minimum atomic E-state index is 0.217. The first-order valence-electron chi connectivity index (χ1n) is 17.6. The minimum absolute atomic E-state index is 0.217. The number of hydrogen-bond donors (Lipinski definition) is 0. The molecule has 1 heterocycles. The molecule has 6 aromatic rings. The van der Waals surface area contributed by atoms with Gasteiger partial charge >= 0.3 is 0 Å². The topological polar surface area (TPSA) is 62.5 Å². The molecule has 2 aliphatic rings. The summed E-state index contributed by atoms with van der Waals surface area (Å²) in [7, 11) is 0. The monoisotopic (exact) mass is 636 g/mol. The van der Waals surface area contributed by atoms with Crippen LogP contribution in [-0.2, 0) is 5.41 Å². The Kier molecular flexibility index (Phi) is 8.14. The fourth-order valence-electron chi connectivity index (χ4n) is 8.91. The maximum absolute atomic E-state index is 9.55. The molecule has 1 aromatic heterocycles. The Morgan fingerprint density at radius 2 is 1.08 bits per heavy atom. The summed E-state index contributed by atoms with van der Waals surface area (Å²) >= 11 is 0. The molecule has 4 heteroatoms. The van der Waals surface area contributed by atoms with Crippen LogP contribution in [-0.4, -0.2) is 15.0 Å². The zero-order valence-electron chi connectivity index (χ0n) is 28.2. The predicted octanol–water partition coefficient (Wildman–Crippen LogP) is 11.2. The fraction of sp³-hybridized carbons (Fsp3) is 0.244. The number of aromatic nitrogens is 3. The summed E-state index contributed by atoms with van der Waals surface area (Å²) in [6, 6.07) is 46.4. The molecule has 4 nitrogen and oxygen atoms in total. The maximum atomic E-state index is 9.55. The van der Waals surface area contributed by atoms with Crippen molar-refractivity contribution in [3.63, 3.8) is 0 Å². The Hall–Kier alpha value is -5.40. The number of benzene rings is 5. The van der Waals surface area contributed by atoms with Gasteiger partial charge in [0.15, 0.2) is 17.5 Å². The van der Waals surface area contributed by atoms with Crippen molar-refractivity contribution in [2.45, 2.75) is 51.4 Å². The number of nitriles is 1. The van der Waals surface area contributed by atoms with Gasteiger partial charge in [-0.2, -0.15) is 5.26 Å². The van der Waals surface area contributed by atoms with Gasteiger partial charge in [0.2, 0.25) is 0 Å². The van der Waals surface area contributed by atoms with Crippen molar-refractivity contribution in [1.82, 2.24) is 15.0 Å². The third-order valence-corrected chi connectivity index (χ3v) is 10.7. The van der Waals surface area contributed by atoms with Crippen LogP contribution in [0.25, 0.3) is 56.4 Å². The van der Waals surface area contributed by atoms with E-state index in [2.05, 4.69) is 74.5 Å². The molecular formula is C45H40N4. The van der Waals surface area contributed by atoms with E-state index in [1.165, 1.54) is 43.2 Å². The van der Waals surface area contributed by atoms with Gasteiger partial charge in [0.25, 0.3) is 0 Å². The molecule has 2 saturated carbocycles. The Morgan fingerprint density at radius 1 is 0.531 bits per heavy atom. The molecular weight excluding hydrogens is 597 g/mol. The van der Waals surface area contributed by atoms with E-state index in [1.54, 1.807) is 0 Å². The number of rotatable bonds is 6. The van der Waals surface area contributed by atoms with Crippen molar-refractivity contribution in [3.05, 3.63) is 139 Å². The Bertz CT molecular complexity index is 2070. The Morgan fingerprint density at radius 3 is 1.67 bits per heavy atom. The molecule has 0 aliphatic heterocycles. The molecule has 0 saturated heterocycles. The van der Waals surface area contributed by atoms with Gasteiger partial charge < -0.3 is 0 Å². The van der Waals surface area contributed by atoms with Crippen molar-refractivity contribution in [3.8, 4) is 62.5 Å². The molecule has 5 aromatic carbocycles. The summed E-state index contributed by atoms with van der Waals surface area (Å²) in [4.78, 5) is 14.9. The largest absolute Gasteiger partial charge is 0.208 e. The number of hydrogen-bond acceptors (Lipinski definition) is 4. The van der Waals surface area contributed by atoms with E-state index in [9.17, 15) is 5.26 Å². The average molecular weight is 637 g/mol. The van der Waals surface area contributed by atoms with Gasteiger partial charge in [0, 0.05) is 16.7 Å². The van der Waals surface area contributed by atoms with Crippen molar-refractivity contribution in [2.75, 3.05) is 0 Å². The summed E-state index contributed by atoms with van der Waals surface area (Å²) in [5, 5.41) is 9.55. The van der Waals surface area contributed by atoms with Crippen LogP contribution in [0, 0.1) is 29.1 Å². The molecule has 2 fully saturated rings. The smallest absolute Gasteiger partial charge is 0.164 e. The SMILES string of the molecule is C[C@@H]1C[C@@H]2C[C@H](C)CC(c3ccc(-c4cccc(-c5nc(-c6ccccc6)nc(-c6ccccc6)n5)c4)c(-c4ccc(C#N)cc4)c3)(C1)C2. The standard InChI is InChI=1S/C45H40N4/c1-30-22-33-23-31(2)27-45(26-30,28-33)39-20-21-40(41(25-39)34-18-16-32(29-46)17-19-34)37-14-9-15-38(24-37)44-48-42(35-10-5-3-6-11-35)47-43(49-44)36-12-7-4-8-13-36/h3-21,24-25,30-31,33H,22-23,26-28H2,1-2H3/t30-,31+,33-,45?. The van der Waals surface area contributed by atoms with Crippen LogP contribution in [0.3, 0.4) is 0 Å². The van der Waals surface area contributed by atoms with Gasteiger partial charge in [0.1, 0.15) is 0 Å². The molecule has 4 atom stereocenters. The lowest BCUT2D eigenvalue weighted by atomic mass is 9.54. The summed E-state index contributed by atoms with van der Waals surface area (Å²) in [5.74, 6) is 4.23. The second-order valence-corrected chi connectivity index (χ2v) is 14.5. The van der Waals surface area contributed by atoms with Gasteiger partial charge in [-0.3, -0.25) is 0 Å². The second-order valence-electron chi connectivity index (χ2n) is 14.5. The molecule has 240 valence electrons. The van der Waals surface area contributed by atoms with E-state index >= 15 is 0 Å². The van der Waals surface area contributed by atoms with Crippen LogP contribution in [0.1, 0.15) is 57.1 Å². The summed E-state index contributed by atoms with van der Waals surface area (Å²) in [6.45, 7) is 4.90. The molecule has 0 N–H and O–H groups in total. The molecule has 0 radical (unpaired) electrons. The van der Waals surface area contributed by atoms with Crippen molar-refractivity contribution in [1.29, 1.82) is 5.26 Å². The molecule has 0 spiro atoms. The molecule has 0 amide bonds. The van der Waals surface area contributed by atoms with Crippen molar-refractivity contribution >= 4 is 0 Å². The average Bonchev–Trinajstić information content (AvgIpc) is 3.14. The van der Waals surface area contributed by atoms with Crippen LogP contribution in [0.15, 0.2) is 127 Å². The first-order valence-corrected chi connectivity index (χ1v) is 17.6. The lowest BCUT2D eigenvalue weighted by Gasteiger charge is -2.50. The Labute approximate surface area is 289 Å². The Balaban J connectivity index is 1.26. The van der Waals surface area contributed by atoms with Crippen LogP contribution in [0.5, 0.6) is 0 Å².